The van der Waals surface area contributed by atoms with Crippen molar-refractivity contribution in [3.05, 3.63) is 83.0 Å². The number of carbonyl (C=O) groups is 2. The van der Waals surface area contributed by atoms with E-state index < -0.39 is 0 Å². The molecule has 2 aliphatic rings. The van der Waals surface area contributed by atoms with Gasteiger partial charge in [-0.15, -0.1) is 0 Å². The van der Waals surface area contributed by atoms with Crippen LogP contribution in [0.1, 0.15) is 22.8 Å². The molecule has 0 N–H and O–H groups in total. The standard InChI is InChI=1S/C29H33ClN6O2S/c1-22-19-35(16-17-36(22)28(38)24-10-6-3-7-11-24)26-18-25(30)31-29(32-26)39-21-27(37)34-14-12-33(13-15-34)20-23-8-4-2-5-9-23/h2-11,18,22H,12-17,19-21H2,1H3. The third-order valence-corrected chi connectivity index (χ3v) is 8.22. The predicted molar refractivity (Wildman–Crippen MR) is 155 cm³/mol. The zero-order chi connectivity index (χ0) is 27.2. The van der Waals surface area contributed by atoms with Crippen LogP contribution in [0.15, 0.2) is 71.9 Å². The van der Waals surface area contributed by atoms with Gasteiger partial charge in [0, 0.05) is 70.0 Å². The van der Waals surface area contributed by atoms with E-state index in [1.807, 2.05) is 53.1 Å². The van der Waals surface area contributed by atoms with Gasteiger partial charge in [-0.25, -0.2) is 9.97 Å². The molecule has 204 valence electrons. The molecule has 0 aliphatic carbocycles. The third kappa shape index (κ3) is 7.09. The van der Waals surface area contributed by atoms with Crippen LogP contribution in [-0.2, 0) is 11.3 Å². The Morgan fingerprint density at radius 3 is 2.31 bits per heavy atom. The smallest absolute Gasteiger partial charge is 0.254 e. The fraction of sp³-hybridized carbons (Fsp3) is 0.379. The van der Waals surface area contributed by atoms with Crippen molar-refractivity contribution in [2.45, 2.75) is 24.7 Å². The largest absolute Gasteiger partial charge is 0.353 e. The molecular formula is C29H33ClN6O2S. The molecule has 10 heteroatoms. The Morgan fingerprint density at radius 1 is 0.923 bits per heavy atom. The van der Waals surface area contributed by atoms with Gasteiger partial charge in [-0.1, -0.05) is 71.9 Å². The number of amides is 2. The van der Waals surface area contributed by atoms with Gasteiger partial charge in [0.1, 0.15) is 11.0 Å². The number of benzene rings is 2. The van der Waals surface area contributed by atoms with E-state index in [9.17, 15) is 9.59 Å². The summed E-state index contributed by atoms with van der Waals surface area (Å²) < 4.78 is 0. The summed E-state index contributed by atoms with van der Waals surface area (Å²) >= 11 is 7.67. The molecule has 2 aliphatic heterocycles. The summed E-state index contributed by atoms with van der Waals surface area (Å²) in [5.41, 5.74) is 1.99. The summed E-state index contributed by atoms with van der Waals surface area (Å²) in [5, 5.41) is 0.837. The molecule has 1 atom stereocenters. The molecule has 0 bridgehead atoms. The Balaban J connectivity index is 1.13. The molecule has 2 saturated heterocycles. The highest BCUT2D eigenvalue weighted by molar-refractivity contribution is 7.99. The Hall–Kier alpha value is -3.14. The molecule has 0 spiro atoms. The zero-order valence-electron chi connectivity index (χ0n) is 22.1. The van der Waals surface area contributed by atoms with E-state index in [0.29, 0.717) is 35.5 Å². The SMILES string of the molecule is CC1CN(c2cc(Cl)nc(SCC(=O)N3CCN(Cc4ccccc4)CC3)n2)CCN1C(=O)c1ccccc1. The first kappa shape index (κ1) is 27.4. The van der Waals surface area contributed by atoms with Crippen LogP contribution in [0.2, 0.25) is 5.15 Å². The van der Waals surface area contributed by atoms with Crippen LogP contribution in [-0.4, -0.2) is 94.1 Å². The van der Waals surface area contributed by atoms with Crippen LogP contribution in [0.3, 0.4) is 0 Å². The van der Waals surface area contributed by atoms with Crippen LogP contribution in [0, 0.1) is 0 Å². The first-order chi connectivity index (χ1) is 19.0. The van der Waals surface area contributed by atoms with E-state index in [4.69, 9.17) is 16.6 Å². The number of rotatable bonds is 7. The van der Waals surface area contributed by atoms with Crippen LogP contribution >= 0.6 is 23.4 Å². The Kier molecular flexibility index (Phi) is 9.01. The summed E-state index contributed by atoms with van der Waals surface area (Å²) in [4.78, 5) is 43.3. The van der Waals surface area contributed by atoms with Crippen molar-refractivity contribution in [3.8, 4) is 0 Å². The molecule has 8 nitrogen and oxygen atoms in total. The summed E-state index contributed by atoms with van der Waals surface area (Å²) in [6.45, 7) is 7.99. The van der Waals surface area contributed by atoms with E-state index >= 15 is 0 Å². The topological polar surface area (TPSA) is 72.9 Å². The molecule has 2 fully saturated rings. The molecule has 0 radical (unpaired) electrons. The Morgan fingerprint density at radius 2 is 1.62 bits per heavy atom. The average molecular weight is 565 g/mol. The second-order valence-electron chi connectivity index (χ2n) is 9.92. The van der Waals surface area contributed by atoms with Gasteiger partial charge in [-0.3, -0.25) is 14.5 Å². The molecule has 39 heavy (non-hydrogen) atoms. The highest BCUT2D eigenvalue weighted by Crippen LogP contribution is 2.25. The Labute approximate surface area is 239 Å². The minimum Gasteiger partial charge on any atom is -0.353 e. The summed E-state index contributed by atoms with van der Waals surface area (Å²) in [6, 6.07) is 21.6. The van der Waals surface area contributed by atoms with Crippen molar-refractivity contribution < 1.29 is 9.59 Å². The maximum atomic E-state index is 13.0. The lowest BCUT2D eigenvalue weighted by Crippen LogP contribution is -2.54. The minimum atomic E-state index is 0.0124. The second kappa shape index (κ2) is 12.8. The molecule has 2 aromatic carbocycles. The van der Waals surface area contributed by atoms with Crippen molar-refractivity contribution in [2.75, 3.05) is 56.5 Å². The molecular weight excluding hydrogens is 532 g/mol. The van der Waals surface area contributed by atoms with Gasteiger partial charge in [0.2, 0.25) is 5.91 Å². The van der Waals surface area contributed by atoms with E-state index in [1.165, 1.54) is 17.3 Å². The van der Waals surface area contributed by atoms with Crippen LogP contribution in [0.25, 0.3) is 0 Å². The minimum absolute atomic E-state index is 0.0124. The molecule has 5 rings (SSSR count). The maximum Gasteiger partial charge on any atom is 0.254 e. The predicted octanol–water partition coefficient (Wildman–Crippen LogP) is 3.92. The first-order valence-electron chi connectivity index (χ1n) is 13.3. The van der Waals surface area contributed by atoms with Crippen molar-refractivity contribution in [3.63, 3.8) is 0 Å². The molecule has 3 heterocycles. The molecule has 1 unspecified atom stereocenters. The monoisotopic (exact) mass is 564 g/mol. The van der Waals surface area contributed by atoms with Gasteiger partial charge in [0.05, 0.1) is 5.75 Å². The average Bonchev–Trinajstić information content (AvgIpc) is 2.96. The fourth-order valence-electron chi connectivity index (χ4n) is 5.04. The lowest BCUT2D eigenvalue weighted by atomic mass is 10.1. The third-order valence-electron chi connectivity index (χ3n) is 7.19. The van der Waals surface area contributed by atoms with Crippen LogP contribution in [0.5, 0.6) is 0 Å². The highest BCUT2D eigenvalue weighted by atomic mass is 35.5. The van der Waals surface area contributed by atoms with E-state index in [2.05, 4.69) is 39.0 Å². The number of hydrogen-bond donors (Lipinski definition) is 0. The van der Waals surface area contributed by atoms with Gasteiger partial charge in [0.15, 0.2) is 5.16 Å². The number of thioether (sulfide) groups is 1. The van der Waals surface area contributed by atoms with E-state index in [-0.39, 0.29) is 23.6 Å². The number of anilines is 1. The zero-order valence-corrected chi connectivity index (χ0v) is 23.7. The van der Waals surface area contributed by atoms with Gasteiger partial charge in [0.25, 0.3) is 5.91 Å². The number of carbonyl (C=O) groups excluding carboxylic acids is 2. The Bertz CT molecular complexity index is 1270. The fourth-order valence-corrected chi connectivity index (χ4v) is 6.02. The first-order valence-corrected chi connectivity index (χ1v) is 14.6. The van der Waals surface area contributed by atoms with Crippen LogP contribution < -0.4 is 4.90 Å². The van der Waals surface area contributed by atoms with Gasteiger partial charge in [-0.05, 0) is 24.6 Å². The molecule has 0 saturated carbocycles. The summed E-state index contributed by atoms with van der Waals surface area (Å²) in [6.07, 6.45) is 0. The number of aromatic nitrogens is 2. The van der Waals surface area contributed by atoms with E-state index in [0.717, 1.165) is 38.5 Å². The summed E-state index contributed by atoms with van der Waals surface area (Å²) in [5.74, 6) is 1.12. The number of halogens is 1. The van der Waals surface area contributed by atoms with Crippen molar-refractivity contribution in [1.82, 2.24) is 24.7 Å². The van der Waals surface area contributed by atoms with Crippen molar-refractivity contribution in [1.29, 1.82) is 0 Å². The number of piperazine rings is 2. The van der Waals surface area contributed by atoms with Gasteiger partial charge < -0.3 is 14.7 Å². The second-order valence-corrected chi connectivity index (χ2v) is 11.3. The number of hydrogen-bond acceptors (Lipinski definition) is 7. The van der Waals surface area contributed by atoms with Crippen LogP contribution in [0.4, 0.5) is 5.82 Å². The normalized spacial score (nSPS) is 18.3. The van der Waals surface area contributed by atoms with Gasteiger partial charge in [-0.2, -0.15) is 0 Å². The molecule has 3 aromatic rings. The lowest BCUT2D eigenvalue weighted by Gasteiger charge is -2.40. The quantitative estimate of drug-likeness (QED) is 0.245. The summed E-state index contributed by atoms with van der Waals surface area (Å²) in [7, 11) is 0. The lowest BCUT2D eigenvalue weighted by molar-refractivity contribution is -0.130. The van der Waals surface area contributed by atoms with Gasteiger partial charge >= 0.3 is 0 Å². The van der Waals surface area contributed by atoms with Crippen molar-refractivity contribution >= 4 is 41.0 Å². The molecule has 2 amide bonds. The van der Waals surface area contributed by atoms with E-state index in [1.54, 1.807) is 6.07 Å². The number of nitrogens with zero attached hydrogens (tertiary/aromatic N) is 6. The highest BCUT2D eigenvalue weighted by Gasteiger charge is 2.29. The van der Waals surface area contributed by atoms with Crippen molar-refractivity contribution in [2.24, 2.45) is 0 Å². The molecule has 1 aromatic heterocycles. The maximum absolute atomic E-state index is 13.0.